The average molecular weight is 584 g/mol. The van der Waals surface area contributed by atoms with Crippen LogP contribution in [-0.2, 0) is 4.79 Å². The van der Waals surface area contributed by atoms with Crippen molar-refractivity contribution < 1.29 is 24.6 Å². The zero-order valence-corrected chi connectivity index (χ0v) is 23.2. The number of carboxylic acid groups (broad SMARTS) is 1. The molecule has 8 nitrogen and oxygen atoms in total. The summed E-state index contributed by atoms with van der Waals surface area (Å²) < 4.78 is 0. The predicted octanol–water partition coefficient (Wildman–Crippen LogP) is 6.13. The van der Waals surface area contributed by atoms with Crippen molar-refractivity contribution in [2.75, 3.05) is 11.9 Å². The molecule has 1 saturated carbocycles. The second-order valence-corrected chi connectivity index (χ2v) is 10.7. The summed E-state index contributed by atoms with van der Waals surface area (Å²) in [7, 11) is 0. The van der Waals surface area contributed by atoms with Gasteiger partial charge in [-0.25, -0.2) is 9.59 Å². The molecule has 1 unspecified atom stereocenters. The lowest BCUT2D eigenvalue weighted by Gasteiger charge is -2.24. The van der Waals surface area contributed by atoms with E-state index < -0.39 is 36.6 Å². The quantitative estimate of drug-likeness (QED) is 0.207. The Morgan fingerprint density at radius 1 is 0.850 bits per heavy atom. The molecule has 210 valence electrons. The molecule has 0 heterocycles. The Morgan fingerprint density at radius 3 is 2.08 bits per heavy atom. The third-order valence-electron chi connectivity index (χ3n) is 7.05. The van der Waals surface area contributed by atoms with Crippen LogP contribution in [0.2, 0.25) is 10.0 Å². The van der Waals surface area contributed by atoms with Gasteiger partial charge in [-0.1, -0.05) is 78.9 Å². The van der Waals surface area contributed by atoms with E-state index in [1.165, 1.54) is 37.7 Å². The molecule has 1 aliphatic carbocycles. The predicted molar refractivity (Wildman–Crippen MR) is 155 cm³/mol. The van der Waals surface area contributed by atoms with E-state index in [1.807, 2.05) is 12.1 Å². The van der Waals surface area contributed by atoms with Gasteiger partial charge in [0.15, 0.2) is 6.10 Å². The molecule has 0 saturated heterocycles. The Bertz CT molecular complexity index is 1340. The number of anilines is 1. The second kappa shape index (κ2) is 13.7. The molecule has 1 fully saturated rings. The average Bonchev–Trinajstić information content (AvgIpc) is 2.97. The van der Waals surface area contributed by atoms with Gasteiger partial charge in [-0.15, -0.1) is 0 Å². The van der Waals surface area contributed by atoms with Crippen molar-refractivity contribution in [3.63, 3.8) is 0 Å². The molecule has 4 rings (SSSR count). The number of hydrogen-bond acceptors (Lipinski definition) is 4. The smallest absolute Gasteiger partial charge is 0.334 e. The number of carbonyl (C=O) groups excluding carboxylic acids is 2. The molecule has 1 aliphatic rings. The second-order valence-electron chi connectivity index (χ2n) is 9.85. The fourth-order valence-corrected chi connectivity index (χ4v) is 5.13. The van der Waals surface area contributed by atoms with Crippen molar-refractivity contribution in [2.45, 2.75) is 50.2 Å². The molecule has 0 aliphatic heterocycles. The molecule has 0 bridgehead atoms. The summed E-state index contributed by atoms with van der Waals surface area (Å²) in [5.41, 5.74) is 3.65. The lowest BCUT2D eigenvalue weighted by Crippen LogP contribution is -2.36. The summed E-state index contributed by atoms with van der Waals surface area (Å²) in [5, 5.41) is 27.1. The molecule has 3 aromatic rings. The van der Waals surface area contributed by atoms with Gasteiger partial charge < -0.3 is 26.2 Å². The fraction of sp³-hybridized carbons (Fsp3) is 0.300. The lowest BCUT2D eigenvalue weighted by molar-refractivity contribution is -0.146. The zero-order valence-electron chi connectivity index (χ0n) is 21.7. The monoisotopic (exact) mass is 583 g/mol. The van der Waals surface area contributed by atoms with E-state index in [0.717, 1.165) is 11.1 Å². The first-order valence-electron chi connectivity index (χ1n) is 13.1. The molecule has 2 atom stereocenters. The lowest BCUT2D eigenvalue weighted by atomic mass is 9.83. The SMILES string of the molecule is O=C(Nc1ccc(Cl)c(Cl)c1)NC(c1ccc(C(=O)NC[C@@H](O)C(=O)O)cc1)c1ccc(C2CCCCC2)cc1. The van der Waals surface area contributed by atoms with E-state index >= 15 is 0 Å². The normalized spacial score (nSPS) is 15.1. The molecular weight excluding hydrogens is 553 g/mol. The minimum absolute atomic E-state index is 0.285. The van der Waals surface area contributed by atoms with Crippen molar-refractivity contribution >= 4 is 46.8 Å². The van der Waals surface area contributed by atoms with Crippen LogP contribution in [0.5, 0.6) is 0 Å². The third-order valence-corrected chi connectivity index (χ3v) is 7.79. The Balaban J connectivity index is 1.54. The van der Waals surface area contributed by atoms with Gasteiger partial charge in [-0.05, 0) is 65.8 Å². The molecular formula is C30H31Cl2N3O5. The Kier molecular flexibility index (Phi) is 10.0. The molecule has 10 heteroatoms. The highest BCUT2D eigenvalue weighted by molar-refractivity contribution is 6.42. The van der Waals surface area contributed by atoms with Crippen LogP contribution in [0.4, 0.5) is 10.5 Å². The van der Waals surface area contributed by atoms with Crippen molar-refractivity contribution in [2.24, 2.45) is 0 Å². The van der Waals surface area contributed by atoms with Crippen LogP contribution in [0, 0.1) is 0 Å². The van der Waals surface area contributed by atoms with Gasteiger partial charge >= 0.3 is 12.0 Å². The summed E-state index contributed by atoms with van der Waals surface area (Å²) in [6.45, 7) is -0.414. The van der Waals surface area contributed by atoms with Gasteiger partial charge in [0.05, 0.1) is 22.6 Å². The highest BCUT2D eigenvalue weighted by atomic mass is 35.5. The highest BCUT2D eigenvalue weighted by Crippen LogP contribution is 2.34. The summed E-state index contributed by atoms with van der Waals surface area (Å²) in [6.07, 6.45) is 4.42. The number of urea groups is 1. The molecule has 3 amide bonds. The van der Waals surface area contributed by atoms with Crippen LogP contribution in [-0.4, -0.2) is 40.8 Å². The van der Waals surface area contributed by atoms with Crippen LogP contribution in [0.1, 0.15) is 71.1 Å². The molecule has 0 spiro atoms. The van der Waals surface area contributed by atoms with E-state index in [9.17, 15) is 19.5 Å². The first-order valence-corrected chi connectivity index (χ1v) is 13.9. The molecule has 40 heavy (non-hydrogen) atoms. The first kappa shape index (κ1) is 29.4. The zero-order chi connectivity index (χ0) is 28.6. The maximum atomic E-state index is 13.0. The molecule has 0 aromatic heterocycles. The van der Waals surface area contributed by atoms with E-state index in [-0.39, 0.29) is 5.56 Å². The first-order chi connectivity index (χ1) is 19.2. The number of carboxylic acids is 1. The van der Waals surface area contributed by atoms with Crippen molar-refractivity contribution in [3.8, 4) is 0 Å². The van der Waals surface area contributed by atoms with Crippen molar-refractivity contribution in [1.82, 2.24) is 10.6 Å². The summed E-state index contributed by atoms with van der Waals surface area (Å²) in [4.78, 5) is 36.2. The number of amides is 3. The van der Waals surface area contributed by atoms with Gasteiger partial charge in [0.1, 0.15) is 0 Å². The van der Waals surface area contributed by atoms with Crippen LogP contribution in [0.15, 0.2) is 66.7 Å². The van der Waals surface area contributed by atoms with Crippen LogP contribution >= 0.6 is 23.2 Å². The van der Waals surface area contributed by atoms with Gasteiger partial charge in [-0.2, -0.15) is 0 Å². The third kappa shape index (κ3) is 7.75. The molecule has 0 radical (unpaired) electrons. The summed E-state index contributed by atoms with van der Waals surface area (Å²) in [5.74, 6) is -1.40. The standard InChI is InChI=1S/C30H31Cl2N3O5/c31-24-15-14-23(16-25(24)32)34-30(40)35-27(20-8-6-19(7-9-20)18-4-2-1-3-5-18)21-10-12-22(13-11-21)28(37)33-17-26(36)29(38)39/h6-16,18,26-27,36H,1-5,17H2,(H,33,37)(H,38,39)(H2,34,35,40)/t26-,27?/m1/s1. The van der Waals surface area contributed by atoms with E-state index in [2.05, 4.69) is 28.1 Å². The van der Waals surface area contributed by atoms with Crippen molar-refractivity contribution in [1.29, 1.82) is 0 Å². The topological polar surface area (TPSA) is 128 Å². The van der Waals surface area contributed by atoms with Gasteiger partial charge in [0.2, 0.25) is 0 Å². The Hall–Kier alpha value is -3.59. The highest BCUT2D eigenvalue weighted by Gasteiger charge is 2.21. The van der Waals surface area contributed by atoms with Gasteiger partial charge in [-0.3, -0.25) is 4.79 Å². The van der Waals surface area contributed by atoms with Crippen molar-refractivity contribution in [3.05, 3.63) is 99.0 Å². The van der Waals surface area contributed by atoms with E-state index in [0.29, 0.717) is 21.7 Å². The van der Waals surface area contributed by atoms with Crippen LogP contribution in [0.25, 0.3) is 0 Å². The maximum absolute atomic E-state index is 13.0. The number of aliphatic hydroxyl groups excluding tert-OH is 1. The number of aliphatic hydroxyl groups is 1. The summed E-state index contributed by atoms with van der Waals surface area (Å²) in [6, 6.07) is 18.7. The Morgan fingerprint density at radius 2 is 1.48 bits per heavy atom. The minimum Gasteiger partial charge on any atom is -0.479 e. The molecule has 3 aromatic carbocycles. The number of nitrogens with one attached hydrogen (secondary N) is 3. The van der Waals surface area contributed by atoms with Crippen LogP contribution < -0.4 is 16.0 Å². The number of hydrogen-bond donors (Lipinski definition) is 5. The summed E-state index contributed by atoms with van der Waals surface area (Å²) >= 11 is 12.1. The number of rotatable bonds is 9. The minimum atomic E-state index is -1.69. The van der Waals surface area contributed by atoms with Gasteiger partial charge in [0.25, 0.3) is 5.91 Å². The van der Waals surface area contributed by atoms with E-state index in [4.69, 9.17) is 28.3 Å². The number of carbonyl (C=O) groups is 3. The maximum Gasteiger partial charge on any atom is 0.334 e. The van der Waals surface area contributed by atoms with Crippen LogP contribution in [0.3, 0.4) is 0 Å². The number of halogens is 2. The largest absolute Gasteiger partial charge is 0.479 e. The number of aliphatic carboxylic acids is 1. The fourth-order valence-electron chi connectivity index (χ4n) is 4.83. The van der Waals surface area contributed by atoms with E-state index in [1.54, 1.807) is 42.5 Å². The number of benzene rings is 3. The Labute approximate surface area is 242 Å². The van der Waals surface area contributed by atoms with Gasteiger partial charge in [0, 0.05) is 11.3 Å². The molecule has 5 N–H and O–H groups in total.